The molecule has 1 atom stereocenters. The molecular weight excluding hydrogens is 264 g/mol. The van der Waals surface area contributed by atoms with E-state index in [0.29, 0.717) is 6.42 Å². The molecule has 0 bridgehead atoms. The summed E-state index contributed by atoms with van der Waals surface area (Å²) in [4.78, 5) is 22.0. The van der Waals surface area contributed by atoms with Crippen molar-refractivity contribution < 1.29 is 9.59 Å². The summed E-state index contributed by atoms with van der Waals surface area (Å²) in [6, 6.07) is 9.90. The molecule has 5 heteroatoms. The van der Waals surface area contributed by atoms with Crippen molar-refractivity contribution in [2.75, 3.05) is 0 Å². The monoisotopic (exact) mass is 282 g/mol. The van der Waals surface area contributed by atoms with E-state index in [4.69, 9.17) is 11.5 Å². The Morgan fingerprint density at radius 3 is 2.37 bits per heavy atom. The van der Waals surface area contributed by atoms with E-state index in [9.17, 15) is 9.59 Å². The third-order valence-corrected chi connectivity index (χ3v) is 3.00. The average molecular weight is 283 g/mol. The van der Waals surface area contributed by atoms with Gasteiger partial charge in [0.05, 0.1) is 0 Å². The van der Waals surface area contributed by atoms with Crippen LogP contribution in [0.4, 0.5) is 0 Å². The largest absolute Gasteiger partial charge is 0.368 e. The molecule has 0 aliphatic rings. The lowest BCUT2D eigenvalue weighted by molar-refractivity contribution is -0.121. The van der Waals surface area contributed by atoms with Gasteiger partial charge in [0.1, 0.15) is 11.5 Å². The number of carbonyl (C=O) groups excluding carboxylic acids is 2. The van der Waals surface area contributed by atoms with E-state index in [1.165, 1.54) is 12.5 Å². The van der Waals surface area contributed by atoms with Gasteiger partial charge in [-0.2, -0.15) is 0 Å². The summed E-state index contributed by atoms with van der Waals surface area (Å²) in [5.74, 6) is 1.04. The highest BCUT2D eigenvalue weighted by Crippen LogP contribution is 2.17. The molecule has 1 unspecified atom stereocenters. The first-order chi connectivity index (χ1) is 8.48. The Hall–Kier alpha value is -1.61. The highest BCUT2D eigenvalue weighted by molar-refractivity contribution is 5.90. The molecule has 0 saturated heterocycles. The van der Waals surface area contributed by atoms with E-state index in [2.05, 4.69) is 0 Å². The van der Waals surface area contributed by atoms with Crippen LogP contribution in [0.25, 0.3) is 0 Å². The molecule has 4 nitrogen and oxygen atoms in total. The first-order valence-corrected chi connectivity index (χ1v) is 5.85. The Kier molecular flexibility index (Phi) is 7.09. The van der Waals surface area contributed by atoms with Crippen LogP contribution in [0, 0.1) is 0 Å². The van der Waals surface area contributed by atoms with Crippen molar-refractivity contribution in [3.05, 3.63) is 41.5 Å². The summed E-state index contributed by atoms with van der Waals surface area (Å²) >= 11 is 0. The Bertz CT molecular complexity index is 466. The van der Waals surface area contributed by atoms with Crippen molar-refractivity contribution in [1.29, 1.82) is 0 Å². The first kappa shape index (κ1) is 17.4. The van der Waals surface area contributed by atoms with Crippen molar-refractivity contribution in [3.8, 4) is 0 Å². The molecule has 0 saturated carbocycles. The third kappa shape index (κ3) is 4.87. The van der Waals surface area contributed by atoms with Crippen LogP contribution in [0.15, 0.2) is 35.9 Å². The number of hydrogen-bond acceptors (Lipinski definition) is 3. The Balaban J connectivity index is 0.00000324. The van der Waals surface area contributed by atoms with Gasteiger partial charge in [-0.25, -0.2) is 4.79 Å². The molecule has 19 heavy (non-hydrogen) atoms. The van der Waals surface area contributed by atoms with E-state index in [0.717, 1.165) is 12.8 Å². The number of benzene rings is 1. The zero-order valence-electron chi connectivity index (χ0n) is 10.9. The highest BCUT2D eigenvalue weighted by atomic mass is 35.5. The average Bonchev–Trinajstić information content (AvgIpc) is 2.35. The van der Waals surface area contributed by atoms with E-state index in [1.54, 1.807) is 5.94 Å². The van der Waals surface area contributed by atoms with Gasteiger partial charge in [-0.05, 0) is 31.7 Å². The quantitative estimate of drug-likeness (QED) is 0.773. The molecule has 1 aromatic carbocycles. The van der Waals surface area contributed by atoms with E-state index in [1.807, 2.05) is 30.3 Å². The summed E-state index contributed by atoms with van der Waals surface area (Å²) in [5, 5.41) is 0. The molecule has 0 aliphatic heterocycles. The number of rotatable bonds is 6. The van der Waals surface area contributed by atoms with Gasteiger partial charge in [0.15, 0.2) is 0 Å². The SMILES string of the molecule is CC(N)(C(N)=O)C(=C=O)CCCc1ccccc1.Cl. The van der Waals surface area contributed by atoms with Gasteiger partial charge in [0.2, 0.25) is 5.91 Å². The van der Waals surface area contributed by atoms with Crippen LogP contribution in [0.1, 0.15) is 25.3 Å². The van der Waals surface area contributed by atoms with Crippen molar-refractivity contribution in [2.24, 2.45) is 11.5 Å². The van der Waals surface area contributed by atoms with Gasteiger partial charge >= 0.3 is 0 Å². The van der Waals surface area contributed by atoms with Crippen molar-refractivity contribution in [2.45, 2.75) is 31.7 Å². The zero-order chi connectivity index (χ0) is 13.6. The molecule has 1 aromatic rings. The number of primary amides is 1. The van der Waals surface area contributed by atoms with Crippen molar-refractivity contribution in [1.82, 2.24) is 0 Å². The lowest BCUT2D eigenvalue weighted by atomic mass is 9.89. The molecule has 1 amide bonds. The number of nitrogens with two attached hydrogens (primary N) is 2. The van der Waals surface area contributed by atoms with Gasteiger partial charge in [-0.1, -0.05) is 30.3 Å². The second kappa shape index (κ2) is 7.74. The normalized spacial score (nSPS) is 12.7. The van der Waals surface area contributed by atoms with E-state index in [-0.39, 0.29) is 18.0 Å². The van der Waals surface area contributed by atoms with E-state index < -0.39 is 11.4 Å². The molecule has 0 fully saturated rings. The summed E-state index contributed by atoms with van der Waals surface area (Å²) in [5.41, 5.74) is 10.9. The van der Waals surface area contributed by atoms with Crippen LogP contribution in [-0.4, -0.2) is 17.4 Å². The molecule has 0 radical (unpaired) electrons. The van der Waals surface area contributed by atoms with Gasteiger partial charge in [0.25, 0.3) is 0 Å². The van der Waals surface area contributed by atoms with Gasteiger partial charge < -0.3 is 11.5 Å². The fourth-order valence-electron chi connectivity index (χ4n) is 1.68. The van der Waals surface area contributed by atoms with Crippen LogP contribution in [0.5, 0.6) is 0 Å². The van der Waals surface area contributed by atoms with Crippen LogP contribution in [0.2, 0.25) is 0 Å². The Morgan fingerprint density at radius 2 is 1.89 bits per heavy atom. The minimum Gasteiger partial charge on any atom is -0.368 e. The minimum absolute atomic E-state index is 0. The topological polar surface area (TPSA) is 86.2 Å². The Labute approximate surface area is 119 Å². The molecule has 1 rings (SSSR count). The van der Waals surface area contributed by atoms with Crippen LogP contribution in [0.3, 0.4) is 0 Å². The molecule has 0 heterocycles. The van der Waals surface area contributed by atoms with Crippen LogP contribution < -0.4 is 11.5 Å². The maximum absolute atomic E-state index is 11.2. The van der Waals surface area contributed by atoms with Crippen LogP contribution in [-0.2, 0) is 16.0 Å². The molecule has 0 spiro atoms. The second-order valence-electron chi connectivity index (χ2n) is 4.49. The number of hydrogen-bond donors (Lipinski definition) is 2. The smallest absolute Gasteiger partial charge is 0.242 e. The van der Waals surface area contributed by atoms with Crippen molar-refractivity contribution in [3.63, 3.8) is 0 Å². The Morgan fingerprint density at radius 1 is 1.32 bits per heavy atom. The first-order valence-electron chi connectivity index (χ1n) is 5.85. The van der Waals surface area contributed by atoms with Gasteiger partial charge in [0, 0.05) is 5.57 Å². The molecule has 0 aliphatic carbocycles. The number of aryl methyl sites for hydroxylation is 1. The molecule has 0 aromatic heterocycles. The molecular formula is C14H19ClN2O2. The fraction of sp³-hybridized carbons (Fsp3) is 0.357. The highest BCUT2D eigenvalue weighted by Gasteiger charge is 2.31. The summed E-state index contributed by atoms with van der Waals surface area (Å²) < 4.78 is 0. The van der Waals surface area contributed by atoms with Gasteiger partial charge in [-0.15, -0.1) is 12.4 Å². The lowest BCUT2D eigenvalue weighted by Gasteiger charge is -2.21. The standard InChI is InChI=1S/C14H18N2O2.ClH/c1-14(16,13(15)18)12(10-17)9-5-8-11-6-3-2-4-7-11;/h2-4,6-7H,5,8-9,16H2,1H3,(H2,15,18);1H. The number of halogens is 1. The zero-order valence-corrected chi connectivity index (χ0v) is 11.7. The van der Waals surface area contributed by atoms with E-state index >= 15 is 0 Å². The van der Waals surface area contributed by atoms with Crippen LogP contribution >= 0.6 is 12.4 Å². The predicted molar refractivity (Wildman–Crippen MR) is 77.6 cm³/mol. The third-order valence-electron chi connectivity index (χ3n) is 3.00. The van der Waals surface area contributed by atoms with Gasteiger partial charge in [-0.3, -0.25) is 4.79 Å². The minimum atomic E-state index is -1.40. The predicted octanol–water partition coefficient (Wildman–Crippen LogP) is 1.39. The summed E-state index contributed by atoms with van der Waals surface area (Å²) in [7, 11) is 0. The number of amides is 1. The molecule has 104 valence electrons. The fourth-order valence-corrected chi connectivity index (χ4v) is 1.68. The number of carbonyl (C=O) groups is 1. The lowest BCUT2D eigenvalue weighted by Crippen LogP contribution is -2.51. The summed E-state index contributed by atoms with van der Waals surface area (Å²) in [6.45, 7) is 1.44. The van der Waals surface area contributed by atoms with Crippen molar-refractivity contribution >= 4 is 24.3 Å². The molecule has 4 N–H and O–H groups in total. The maximum atomic E-state index is 11.2. The second-order valence-corrected chi connectivity index (χ2v) is 4.49. The maximum Gasteiger partial charge on any atom is 0.242 e. The summed E-state index contributed by atoms with van der Waals surface area (Å²) in [6.07, 6.45) is 1.98.